The average Bonchev–Trinajstić information content (AvgIpc) is 2.37. The van der Waals surface area contributed by atoms with Gasteiger partial charge in [-0.3, -0.25) is 0 Å². The first kappa shape index (κ1) is 14.3. The fourth-order valence-electron chi connectivity index (χ4n) is 1.44. The maximum absolute atomic E-state index is 5.98. The summed E-state index contributed by atoms with van der Waals surface area (Å²) < 4.78 is 5.55. The van der Waals surface area contributed by atoms with E-state index >= 15 is 0 Å². The van der Waals surface area contributed by atoms with Crippen molar-refractivity contribution in [2.24, 2.45) is 0 Å². The summed E-state index contributed by atoms with van der Waals surface area (Å²) in [6, 6.07) is 0. The van der Waals surface area contributed by atoms with Crippen molar-refractivity contribution in [2.45, 2.75) is 33.1 Å². The van der Waals surface area contributed by atoms with E-state index in [4.69, 9.17) is 10.5 Å². The second kappa shape index (κ2) is 7.53. The zero-order chi connectivity index (χ0) is 13.4. The molecule has 0 spiro atoms. The zero-order valence-electron chi connectivity index (χ0n) is 11.2. The molecule has 0 atom stereocenters. The molecule has 18 heavy (non-hydrogen) atoms. The second-order valence-corrected chi connectivity index (χ2v) is 3.98. The molecule has 1 heterocycles. The van der Waals surface area contributed by atoms with Crippen molar-refractivity contribution in [1.82, 2.24) is 9.97 Å². The van der Waals surface area contributed by atoms with Crippen LogP contribution in [0, 0.1) is 0 Å². The molecule has 0 aliphatic carbocycles. The van der Waals surface area contributed by atoms with Crippen LogP contribution in [0.15, 0.2) is 12.7 Å². The predicted octanol–water partition coefficient (Wildman–Crippen LogP) is 2.40. The van der Waals surface area contributed by atoms with Crippen molar-refractivity contribution in [2.75, 3.05) is 24.2 Å². The van der Waals surface area contributed by atoms with Gasteiger partial charge in [-0.05, 0) is 12.8 Å². The third kappa shape index (κ3) is 3.91. The average molecular weight is 250 g/mol. The van der Waals surface area contributed by atoms with Gasteiger partial charge in [0.2, 0.25) is 5.88 Å². The van der Waals surface area contributed by atoms with Gasteiger partial charge >= 0.3 is 0 Å². The molecule has 0 saturated carbocycles. The smallest absolute Gasteiger partial charge is 0.242 e. The van der Waals surface area contributed by atoms with Gasteiger partial charge in [0.05, 0.1) is 6.61 Å². The summed E-state index contributed by atoms with van der Waals surface area (Å²) in [6.45, 7) is 9.00. The minimum Gasteiger partial charge on any atom is -0.476 e. The summed E-state index contributed by atoms with van der Waals surface area (Å²) in [5.74, 6) is 1.85. The number of hydrogen-bond donors (Lipinski definition) is 2. The van der Waals surface area contributed by atoms with Gasteiger partial charge in [0.1, 0.15) is 11.5 Å². The Hall–Kier alpha value is -1.78. The molecule has 0 saturated heterocycles. The fourth-order valence-corrected chi connectivity index (χ4v) is 1.44. The lowest BCUT2D eigenvalue weighted by molar-refractivity contribution is 0.305. The van der Waals surface area contributed by atoms with Crippen LogP contribution in [0.25, 0.3) is 0 Å². The van der Waals surface area contributed by atoms with E-state index in [9.17, 15) is 0 Å². The van der Waals surface area contributed by atoms with Gasteiger partial charge < -0.3 is 15.8 Å². The molecule has 1 aromatic rings. The van der Waals surface area contributed by atoms with Gasteiger partial charge in [0, 0.05) is 13.0 Å². The van der Waals surface area contributed by atoms with Crippen LogP contribution in [-0.2, 0) is 6.42 Å². The quantitative estimate of drug-likeness (QED) is 0.693. The number of nitrogens with two attached hydrogens (primary N) is 1. The Morgan fingerprint density at radius 1 is 1.33 bits per heavy atom. The molecule has 1 aromatic heterocycles. The highest BCUT2D eigenvalue weighted by Crippen LogP contribution is 2.26. The van der Waals surface area contributed by atoms with Gasteiger partial charge in [0.15, 0.2) is 5.82 Å². The lowest BCUT2D eigenvalue weighted by atomic mass is 10.3. The monoisotopic (exact) mass is 250 g/mol. The largest absolute Gasteiger partial charge is 0.476 e. The topological polar surface area (TPSA) is 73.1 Å². The van der Waals surface area contributed by atoms with Crippen molar-refractivity contribution in [1.29, 1.82) is 0 Å². The summed E-state index contributed by atoms with van der Waals surface area (Å²) in [6.07, 6.45) is 4.47. The summed E-state index contributed by atoms with van der Waals surface area (Å²) in [4.78, 5) is 8.74. The molecule has 0 aliphatic heterocycles. The van der Waals surface area contributed by atoms with Crippen LogP contribution >= 0.6 is 0 Å². The first-order valence-electron chi connectivity index (χ1n) is 6.36. The number of rotatable bonds is 8. The number of anilines is 2. The number of aromatic nitrogens is 2. The van der Waals surface area contributed by atoms with Crippen LogP contribution in [0.1, 0.15) is 32.5 Å². The normalized spacial score (nSPS) is 10.1. The highest BCUT2D eigenvalue weighted by atomic mass is 16.5. The number of nitrogen functional groups attached to an aromatic ring is 1. The highest BCUT2D eigenvalue weighted by molar-refractivity contribution is 5.67. The van der Waals surface area contributed by atoms with Crippen LogP contribution < -0.4 is 15.8 Å². The Morgan fingerprint density at radius 2 is 2.11 bits per heavy atom. The van der Waals surface area contributed by atoms with Crippen molar-refractivity contribution >= 4 is 11.5 Å². The minimum absolute atomic E-state index is 0.463. The molecular formula is C13H22N4O. The third-order valence-electron chi connectivity index (χ3n) is 2.29. The Morgan fingerprint density at radius 3 is 2.72 bits per heavy atom. The van der Waals surface area contributed by atoms with Gasteiger partial charge in [-0.15, -0.1) is 6.58 Å². The highest BCUT2D eigenvalue weighted by Gasteiger charge is 2.12. The Bertz CT molecular complexity index is 393. The Labute approximate surface area is 108 Å². The minimum atomic E-state index is 0.463. The first-order chi connectivity index (χ1) is 8.72. The Balaban J connectivity index is 2.98. The number of ether oxygens (including phenoxy) is 1. The number of aryl methyl sites for hydroxylation is 1. The molecule has 100 valence electrons. The number of hydrogen-bond acceptors (Lipinski definition) is 5. The van der Waals surface area contributed by atoms with E-state index in [2.05, 4.69) is 28.8 Å². The molecule has 0 bridgehead atoms. The van der Waals surface area contributed by atoms with Crippen molar-refractivity contribution in [3.8, 4) is 5.88 Å². The molecule has 0 aromatic carbocycles. The van der Waals surface area contributed by atoms with Gasteiger partial charge in [-0.2, -0.15) is 4.98 Å². The molecule has 0 aliphatic rings. The van der Waals surface area contributed by atoms with Crippen LogP contribution in [0.4, 0.5) is 11.5 Å². The summed E-state index contributed by atoms with van der Waals surface area (Å²) in [5, 5.41) is 3.10. The molecule has 0 amide bonds. The molecular weight excluding hydrogens is 228 g/mol. The maximum Gasteiger partial charge on any atom is 0.242 e. The van der Waals surface area contributed by atoms with Gasteiger partial charge in [-0.1, -0.05) is 19.9 Å². The predicted molar refractivity (Wildman–Crippen MR) is 74.9 cm³/mol. The lowest BCUT2D eigenvalue weighted by Crippen LogP contribution is -2.11. The molecule has 0 radical (unpaired) electrons. The van der Waals surface area contributed by atoms with Crippen LogP contribution in [0.3, 0.4) is 0 Å². The molecule has 0 unspecified atom stereocenters. The number of nitrogens with one attached hydrogen (secondary N) is 1. The Kier molecular flexibility index (Phi) is 5.97. The molecule has 5 heteroatoms. The van der Waals surface area contributed by atoms with Crippen molar-refractivity contribution < 1.29 is 4.74 Å². The fraction of sp³-hybridized carbons (Fsp3) is 0.538. The van der Waals surface area contributed by atoms with Crippen LogP contribution in [-0.4, -0.2) is 23.1 Å². The maximum atomic E-state index is 5.98. The summed E-state index contributed by atoms with van der Waals surface area (Å²) in [5.41, 5.74) is 6.45. The molecule has 1 rings (SSSR count). The van der Waals surface area contributed by atoms with Crippen molar-refractivity contribution in [3.63, 3.8) is 0 Å². The molecule has 5 nitrogen and oxygen atoms in total. The summed E-state index contributed by atoms with van der Waals surface area (Å²) in [7, 11) is 0. The van der Waals surface area contributed by atoms with E-state index < -0.39 is 0 Å². The van der Waals surface area contributed by atoms with E-state index in [-0.39, 0.29) is 0 Å². The zero-order valence-corrected chi connectivity index (χ0v) is 11.2. The SMILES string of the molecule is C=CCNc1nc(CCC)nc(OCCC)c1N. The second-order valence-electron chi connectivity index (χ2n) is 3.98. The van der Waals surface area contributed by atoms with Gasteiger partial charge in [0.25, 0.3) is 0 Å². The molecule has 3 N–H and O–H groups in total. The standard InChI is InChI=1S/C13H22N4O/c1-4-7-10-16-12(15-8-5-2)11(14)13(17-10)18-9-6-3/h5H,2,4,6-9,14H2,1,3H3,(H,15,16,17). The van der Waals surface area contributed by atoms with E-state index in [0.717, 1.165) is 25.1 Å². The van der Waals surface area contributed by atoms with Crippen molar-refractivity contribution in [3.05, 3.63) is 18.5 Å². The third-order valence-corrected chi connectivity index (χ3v) is 2.29. The molecule has 0 fully saturated rings. The van der Waals surface area contributed by atoms with Crippen LogP contribution in [0.2, 0.25) is 0 Å². The number of nitrogens with zero attached hydrogens (tertiary/aromatic N) is 2. The van der Waals surface area contributed by atoms with E-state index in [1.807, 2.05) is 6.92 Å². The van der Waals surface area contributed by atoms with Gasteiger partial charge in [-0.25, -0.2) is 4.98 Å². The van der Waals surface area contributed by atoms with Crippen LogP contribution in [0.5, 0.6) is 5.88 Å². The first-order valence-corrected chi connectivity index (χ1v) is 6.36. The van der Waals surface area contributed by atoms with E-state index in [1.54, 1.807) is 6.08 Å². The lowest BCUT2D eigenvalue weighted by Gasteiger charge is -2.13. The van der Waals surface area contributed by atoms with E-state index in [0.29, 0.717) is 30.5 Å². The summed E-state index contributed by atoms with van der Waals surface area (Å²) >= 11 is 0. The van der Waals surface area contributed by atoms with E-state index in [1.165, 1.54) is 0 Å².